The number of fused-ring (bicyclic) bond motifs is 1. The highest BCUT2D eigenvalue weighted by atomic mass is 32.2. The summed E-state index contributed by atoms with van der Waals surface area (Å²) in [6, 6.07) is 6.03. The third-order valence-corrected chi connectivity index (χ3v) is 2.77. The number of nitrogens with zero attached hydrogens (tertiary/aromatic N) is 2. The Bertz CT molecular complexity index is 483. The van der Waals surface area contributed by atoms with Crippen molar-refractivity contribution in [2.45, 2.75) is 33.1 Å². The molecule has 0 aliphatic heterocycles. The van der Waals surface area contributed by atoms with Gasteiger partial charge < -0.3 is 5.73 Å². The van der Waals surface area contributed by atoms with Gasteiger partial charge >= 0.3 is 0 Å². The third kappa shape index (κ3) is 3.60. The second-order valence-corrected chi connectivity index (χ2v) is 3.92. The lowest BCUT2D eigenvalue weighted by atomic mass is 10.2. The SMILES string of the molecule is C.CC.CSc1ccc2c(N)nc(C)nc2c1. The Morgan fingerprint density at radius 2 is 1.82 bits per heavy atom. The number of nitrogen functional groups attached to an aromatic ring is 1. The third-order valence-electron chi connectivity index (χ3n) is 2.05. The Morgan fingerprint density at radius 1 is 1.18 bits per heavy atom. The summed E-state index contributed by atoms with van der Waals surface area (Å²) in [4.78, 5) is 9.65. The molecule has 1 aromatic heterocycles. The molecule has 4 heteroatoms. The van der Waals surface area contributed by atoms with Gasteiger partial charge in [0.2, 0.25) is 0 Å². The molecule has 17 heavy (non-hydrogen) atoms. The highest BCUT2D eigenvalue weighted by Crippen LogP contribution is 2.23. The van der Waals surface area contributed by atoms with E-state index in [0.717, 1.165) is 10.9 Å². The van der Waals surface area contributed by atoms with Crippen LogP contribution in [-0.4, -0.2) is 16.2 Å². The van der Waals surface area contributed by atoms with Crippen molar-refractivity contribution in [2.24, 2.45) is 0 Å². The van der Waals surface area contributed by atoms with Gasteiger partial charge in [-0.3, -0.25) is 0 Å². The van der Waals surface area contributed by atoms with E-state index >= 15 is 0 Å². The first-order valence-corrected chi connectivity index (χ1v) is 6.51. The van der Waals surface area contributed by atoms with Crippen LogP contribution in [0.25, 0.3) is 10.9 Å². The molecule has 0 atom stereocenters. The number of hydrogen-bond donors (Lipinski definition) is 1. The lowest BCUT2D eigenvalue weighted by Gasteiger charge is -2.03. The molecule has 0 spiro atoms. The van der Waals surface area contributed by atoms with Gasteiger partial charge in [0.1, 0.15) is 11.6 Å². The molecule has 2 N–H and O–H groups in total. The van der Waals surface area contributed by atoms with Gasteiger partial charge in [0.05, 0.1) is 5.52 Å². The average molecular weight is 251 g/mol. The number of nitrogens with two attached hydrogens (primary N) is 1. The van der Waals surface area contributed by atoms with Gasteiger partial charge in [0, 0.05) is 10.3 Å². The van der Waals surface area contributed by atoms with E-state index in [2.05, 4.69) is 9.97 Å². The van der Waals surface area contributed by atoms with Crippen LogP contribution in [0.1, 0.15) is 27.1 Å². The van der Waals surface area contributed by atoms with Crippen molar-refractivity contribution in [3.05, 3.63) is 24.0 Å². The van der Waals surface area contributed by atoms with E-state index in [-0.39, 0.29) is 7.43 Å². The highest BCUT2D eigenvalue weighted by Gasteiger charge is 2.02. The maximum absolute atomic E-state index is 5.79. The summed E-state index contributed by atoms with van der Waals surface area (Å²) in [6.45, 7) is 5.85. The van der Waals surface area contributed by atoms with Crippen LogP contribution in [0.5, 0.6) is 0 Å². The van der Waals surface area contributed by atoms with Crippen molar-refractivity contribution in [3.8, 4) is 0 Å². The number of anilines is 1. The number of aryl methyl sites for hydroxylation is 1. The van der Waals surface area contributed by atoms with Gasteiger partial charge in [-0.05, 0) is 31.4 Å². The molecule has 0 saturated carbocycles. The Morgan fingerprint density at radius 3 is 2.41 bits per heavy atom. The Hall–Kier alpha value is -1.29. The molecular weight excluding hydrogens is 230 g/mol. The Kier molecular flexibility index (Phi) is 6.58. The van der Waals surface area contributed by atoms with Crippen molar-refractivity contribution < 1.29 is 0 Å². The molecule has 0 fully saturated rings. The molecule has 0 aliphatic rings. The first-order chi connectivity index (χ1) is 7.70. The van der Waals surface area contributed by atoms with Crippen molar-refractivity contribution >= 4 is 28.5 Å². The summed E-state index contributed by atoms with van der Waals surface area (Å²) in [5.74, 6) is 1.27. The first-order valence-electron chi connectivity index (χ1n) is 5.28. The van der Waals surface area contributed by atoms with E-state index in [1.807, 2.05) is 45.2 Å². The quantitative estimate of drug-likeness (QED) is 0.781. The van der Waals surface area contributed by atoms with E-state index in [1.165, 1.54) is 4.90 Å². The maximum Gasteiger partial charge on any atom is 0.135 e. The number of benzene rings is 1. The van der Waals surface area contributed by atoms with Crippen LogP contribution in [0.4, 0.5) is 5.82 Å². The molecule has 0 saturated heterocycles. The minimum atomic E-state index is 0. The van der Waals surface area contributed by atoms with Gasteiger partial charge in [-0.2, -0.15) is 0 Å². The van der Waals surface area contributed by atoms with E-state index < -0.39 is 0 Å². The molecule has 0 radical (unpaired) electrons. The van der Waals surface area contributed by atoms with Crippen molar-refractivity contribution in [1.29, 1.82) is 0 Å². The van der Waals surface area contributed by atoms with Crippen LogP contribution < -0.4 is 5.73 Å². The predicted octanol–water partition coefficient (Wildman–Crippen LogP) is 3.90. The summed E-state index contributed by atoms with van der Waals surface area (Å²) in [6.07, 6.45) is 2.04. The first kappa shape index (κ1) is 15.7. The van der Waals surface area contributed by atoms with Crippen LogP contribution in [0.2, 0.25) is 0 Å². The van der Waals surface area contributed by atoms with E-state index in [9.17, 15) is 0 Å². The van der Waals surface area contributed by atoms with Crippen LogP contribution in [0.3, 0.4) is 0 Å². The standard InChI is InChI=1S/C10H11N3S.C2H6.CH4/c1-6-12-9-5-7(14-2)3-4-8(9)10(11)13-6;1-2;/h3-5H,1-2H3,(H2,11,12,13);1-2H3;1H4. The molecule has 1 aromatic carbocycles. The number of thioether (sulfide) groups is 1. The van der Waals surface area contributed by atoms with Crippen LogP contribution in [0.15, 0.2) is 23.1 Å². The fourth-order valence-electron chi connectivity index (χ4n) is 1.38. The van der Waals surface area contributed by atoms with Gasteiger partial charge in [-0.15, -0.1) is 11.8 Å². The zero-order valence-electron chi connectivity index (χ0n) is 10.1. The van der Waals surface area contributed by atoms with Gasteiger partial charge in [-0.1, -0.05) is 21.3 Å². The summed E-state index contributed by atoms with van der Waals surface area (Å²) in [5.41, 5.74) is 6.71. The highest BCUT2D eigenvalue weighted by molar-refractivity contribution is 7.98. The van der Waals surface area contributed by atoms with Gasteiger partial charge in [0.25, 0.3) is 0 Å². The van der Waals surface area contributed by atoms with Crippen molar-refractivity contribution in [2.75, 3.05) is 12.0 Å². The monoisotopic (exact) mass is 251 g/mol. The predicted molar refractivity (Wildman–Crippen MR) is 78.5 cm³/mol. The molecule has 0 bridgehead atoms. The number of hydrogen-bond acceptors (Lipinski definition) is 4. The summed E-state index contributed by atoms with van der Waals surface area (Å²) in [7, 11) is 0. The van der Waals surface area contributed by atoms with E-state index in [4.69, 9.17) is 5.73 Å². The maximum atomic E-state index is 5.79. The summed E-state index contributed by atoms with van der Waals surface area (Å²) in [5, 5.41) is 0.924. The Balaban J connectivity index is 0.000000811. The summed E-state index contributed by atoms with van der Waals surface area (Å²) < 4.78 is 0. The largest absolute Gasteiger partial charge is 0.383 e. The lowest BCUT2D eigenvalue weighted by Crippen LogP contribution is -1.97. The van der Waals surface area contributed by atoms with E-state index in [0.29, 0.717) is 11.6 Å². The number of rotatable bonds is 1. The van der Waals surface area contributed by atoms with Crippen molar-refractivity contribution in [3.63, 3.8) is 0 Å². The molecule has 1 heterocycles. The second-order valence-electron chi connectivity index (χ2n) is 3.04. The van der Waals surface area contributed by atoms with Crippen LogP contribution in [-0.2, 0) is 0 Å². The molecular formula is C13H21N3S. The minimum absolute atomic E-state index is 0. The fourth-order valence-corrected chi connectivity index (χ4v) is 1.81. The van der Waals surface area contributed by atoms with Crippen LogP contribution in [0, 0.1) is 6.92 Å². The van der Waals surface area contributed by atoms with Gasteiger partial charge in [-0.25, -0.2) is 9.97 Å². The smallest absolute Gasteiger partial charge is 0.135 e. The lowest BCUT2D eigenvalue weighted by molar-refractivity contribution is 1.10. The molecule has 94 valence electrons. The molecule has 2 rings (SSSR count). The van der Waals surface area contributed by atoms with Crippen LogP contribution >= 0.6 is 11.8 Å². The topological polar surface area (TPSA) is 51.8 Å². The zero-order valence-corrected chi connectivity index (χ0v) is 10.9. The molecule has 3 nitrogen and oxygen atoms in total. The van der Waals surface area contributed by atoms with Gasteiger partial charge in [0.15, 0.2) is 0 Å². The fraction of sp³-hybridized carbons (Fsp3) is 0.385. The number of aromatic nitrogens is 2. The molecule has 0 amide bonds. The molecule has 2 aromatic rings. The summed E-state index contributed by atoms with van der Waals surface area (Å²) >= 11 is 1.69. The minimum Gasteiger partial charge on any atom is -0.383 e. The molecule has 0 unspecified atom stereocenters. The van der Waals surface area contributed by atoms with E-state index in [1.54, 1.807) is 11.8 Å². The average Bonchev–Trinajstić information content (AvgIpc) is 2.30. The second kappa shape index (κ2) is 7.12. The van der Waals surface area contributed by atoms with Crippen molar-refractivity contribution in [1.82, 2.24) is 9.97 Å². The Labute approximate surface area is 108 Å². The molecule has 0 aliphatic carbocycles. The zero-order chi connectivity index (χ0) is 12.1. The normalized spacial score (nSPS) is 9.18.